The first-order chi connectivity index (χ1) is 19.7. The number of allylic oxidation sites excluding steroid dienone is 4. The molecule has 0 radical (unpaired) electrons. The van der Waals surface area contributed by atoms with Crippen LogP contribution in [0.2, 0.25) is 0 Å². The number of amides is 5. The van der Waals surface area contributed by atoms with Gasteiger partial charge in [-0.3, -0.25) is 33.7 Å². The zero-order valence-corrected chi connectivity index (χ0v) is 25.4. The minimum atomic E-state index is -0.852. The molecule has 1 aliphatic heterocycles. The molecule has 0 aromatic heterocycles. The summed E-state index contributed by atoms with van der Waals surface area (Å²) in [6.45, 7) is 9.26. The van der Waals surface area contributed by atoms with Gasteiger partial charge in [-0.2, -0.15) is 0 Å². The van der Waals surface area contributed by atoms with Crippen molar-refractivity contribution in [2.45, 2.75) is 66.7 Å². The van der Waals surface area contributed by atoms with Crippen molar-refractivity contribution in [2.24, 2.45) is 5.41 Å². The molecule has 42 heavy (non-hydrogen) atoms. The second-order valence-corrected chi connectivity index (χ2v) is 11.2. The second kappa shape index (κ2) is 15.2. The van der Waals surface area contributed by atoms with Crippen LogP contribution in [-0.2, 0) is 33.5 Å². The molecule has 0 unspecified atom stereocenters. The van der Waals surface area contributed by atoms with Crippen molar-refractivity contribution >= 4 is 41.3 Å². The van der Waals surface area contributed by atoms with Crippen LogP contribution in [0.5, 0.6) is 0 Å². The van der Waals surface area contributed by atoms with Gasteiger partial charge in [0.05, 0.1) is 6.54 Å². The van der Waals surface area contributed by atoms with Gasteiger partial charge in [0.2, 0.25) is 11.8 Å². The number of unbranched alkanes of at least 4 members (excludes halogenated alkanes) is 2. The van der Waals surface area contributed by atoms with Gasteiger partial charge in [0.25, 0.3) is 11.8 Å². The molecule has 0 atom stereocenters. The summed E-state index contributed by atoms with van der Waals surface area (Å²) in [7, 11) is 1.59. The molecule has 12 heteroatoms. The number of nitrogens with one attached hydrogen (secondary N) is 2. The number of ether oxygens (including phenoxy) is 1. The highest BCUT2D eigenvalue weighted by molar-refractivity contribution is 6.25. The smallest absolute Gasteiger partial charge is 0.407 e. The van der Waals surface area contributed by atoms with Gasteiger partial charge in [-0.05, 0) is 33.6 Å². The lowest BCUT2D eigenvalue weighted by atomic mass is 9.71. The lowest BCUT2D eigenvalue weighted by Crippen LogP contribution is -2.38. The fourth-order valence-electron chi connectivity index (χ4n) is 4.79. The largest absolute Gasteiger partial charge is 0.448 e. The topological polar surface area (TPSA) is 159 Å². The second-order valence-electron chi connectivity index (χ2n) is 11.2. The summed E-state index contributed by atoms with van der Waals surface area (Å²) in [4.78, 5) is 87.6. The highest BCUT2D eigenvalue weighted by atomic mass is 16.5. The number of nitrogens with zero attached hydrogens (tertiary/aromatic N) is 2. The number of ketones is 2. The summed E-state index contributed by atoms with van der Waals surface area (Å²) in [5.41, 5.74) is 0.714. The number of hydrogen-bond donors (Lipinski definition) is 2. The van der Waals surface area contributed by atoms with Gasteiger partial charge in [0.1, 0.15) is 6.61 Å². The summed E-state index contributed by atoms with van der Waals surface area (Å²) < 4.78 is 5.15. The number of imide groups is 1. The van der Waals surface area contributed by atoms with Crippen LogP contribution >= 0.6 is 0 Å². The average Bonchev–Trinajstić information content (AvgIpc) is 3.24. The zero-order chi connectivity index (χ0) is 31.6. The van der Waals surface area contributed by atoms with Crippen LogP contribution in [0.15, 0.2) is 34.4 Å². The Labute approximate surface area is 246 Å². The van der Waals surface area contributed by atoms with Crippen LogP contribution in [0.1, 0.15) is 66.7 Å². The molecule has 5 amide bonds. The first-order valence-corrected chi connectivity index (χ1v) is 14.1. The van der Waals surface area contributed by atoms with E-state index in [0.29, 0.717) is 54.5 Å². The van der Waals surface area contributed by atoms with Crippen molar-refractivity contribution in [3.05, 3.63) is 34.4 Å². The van der Waals surface area contributed by atoms with E-state index >= 15 is 0 Å². The van der Waals surface area contributed by atoms with Crippen molar-refractivity contribution in [3.8, 4) is 0 Å². The molecular weight excluding hydrogens is 544 g/mol. The molecule has 230 valence electrons. The number of likely N-dealkylation sites (N-methyl/N-ethyl adjacent to an activating group) is 1. The Kier molecular flexibility index (Phi) is 12.4. The molecule has 2 aliphatic rings. The van der Waals surface area contributed by atoms with Crippen LogP contribution in [0.3, 0.4) is 0 Å². The Balaban J connectivity index is 1.59. The number of carbonyl (C=O) groups is 7. The van der Waals surface area contributed by atoms with Gasteiger partial charge in [0.15, 0.2) is 11.6 Å². The number of carbonyl (C=O) groups excluding carboxylic acids is 7. The fraction of sp³-hybridized carbons (Fsp3) is 0.567. The maximum atomic E-state index is 12.9. The van der Waals surface area contributed by atoms with Crippen molar-refractivity contribution in [1.29, 1.82) is 0 Å². The van der Waals surface area contributed by atoms with E-state index in [9.17, 15) is 33.6 Å². The van der Waals surface area contributed by atoms with Crippen molar-refractivity contribution < 1.29 is 38.3 Å². The quantitative estimate of drug-likeness (QED) is 0.167. The standard InChI is InChI=1S/C30H42N4O8/c1-19-20(2)28(40)26(21(3)27(19)39)30(4,5)18-25(38)33(6)16-17-42-29(41)32-13-9-7-8-10-22(35)31-14-15-34-23(36)11-12-24(34)37/h11-12H,7-10,13-18H2,1-6H3,(H,31,35)(H,32,41). The Morgan fingerprint density at radius 2 is 1.48 bits per heavy atom. The third kappa shape index (κ3) is 9.22. The highest BCUT2D eigenvalue weighted by Crippen LogP contribution is 2.39. The number of alkyl carbamates (subject to hydrolysis) is 1. The molecular formula is C30H42N4O8. The van der Waals surface area contributed by atoms with E-state index < -0.39 is 11.5 Å². The summed E-state index contributed by atoms with van der Waals surface area (Å²) in [5.74, 6) is -1.58. The number of Topliss-reactive ketones (excluding diaryl/α,β-unsaturated/α-hetero) is 2. The molecule has 0 aromatic rings. The maximum absolute atomic E-state index is 12.9. The van der Waals surface area contributed by atoms with Gasteiger partial charge >= 0.3 is 6.09 Å². The highest BCUT2D eigenvalue weighted by Gasteiger charge is 2.38. The van der Waals surface area contributed by atoms with Gasteiger partial charge in [0, 0.05) is 79.4 Å². The minimum Gasteiger partial charge on any atom is -0.448 e. The zero-order valence-electron chi connectivity index (χ0n) is 25.4. The molecule has 1 aliphatic carbocycles. The fourth-order valence-corrected chi connectivity index (χ4v) is 4.79. The third-order valence-electron chi connectivity index (χ3n) is 7.45. The molecule has 2 rings (SSSR count). The molecule has 1 heterocycles. The summed E-state index contributed by atoms with van der Waals surface area (Å²) in [6, 6.07) is 0. The van der Waals surface area contributed by atoms with Crippen LogP contribution in [-0.4, -0.2) is 90.9 Å². The number of rotatable bonds is 15. The van der Waals surface area contributed by atoms with Crippen molar-refractivity contribution in [3.63, 3.8) is 0 Å². The van der Waals surface area contributed by atoms with E-state index in [1.165, 1.54) is 17.1 Å². The first-order valence-electron chi connectivity index (χ1n) is 14.1. The van der Waals surface area contributed by atoms with Gasteiger partial charge in [-0.1, -0.05) is 20.3 Å². The Morgan fingerprint density at radius 3 is 2.12 bits per heavy atom. The molecule has 0 saturated heterocycles. The van der Waals surface area contributed by atoms with E-state index in [1.807, 2.05) is 0 Å². The van der Waals surface area contributed by atoms with E-state index in [4.69, 9.17) is 4.74 Å². The van der Waals surface area contributed by atoms with E-state index in [-0.39, 0.29) is 67.9 Å². The molecule has 2 N–H and O–H groups in total. The van der Waals surface area contributed by atoms with Gasteiger partial charge in [-0.15, -0.1) is 0 Å². The molecule has 0 aromatic carbocycles. The predicted molar refractivity (Wildman–Crippen MR) is 154 cm³/mol. The molecule has 12 nitrogen and oxygen atoms in total. The Bertz CT molecular complexity index is 1210. The van der Waals surface area contributed by atoms with Crippen LogP contribution in [0, 0.1) is 5.41 Å². The van der Waals surface area contributed by atoms with Crippen LogP contribution in [0.4, 0.5) is 4.79 Å². The lowest BCUT2D eigenvalue weighted by Gasteiger charge is -2.32. The predicted octanol–water partition coefficient (Wildman–Crippen LogP) is 1.99. The lowest BCUT2D eigenvalue weighted by molar-refractivity contribution is -0.137. The van der Waals surface area contributed by atoms with E-state index in [0.717, 1.165) is 4.90 Å². The van der Waals surface area contributed by atoms with Crippen molar-refractivity contribution in [1.82, 2.24) is 20.4 Å². The monoisotopic (exact) mass is 586 g/mol. The van der Waals surface area contributed by atoms with Gasteiger partial charge < -0.3 is 20.3 Å². The molecule has 0 spiro atoms. The van der Waals surface area contributed by atoms with Crippen LogP contribution in [0.25, 0.3) is 0 Å². The Morgan fingerprint density at radius 1 is 0.857 bits per heavy atom. The average molecular weight is 587 g/mol. The SMILES string of the molecule is CC1=C(C)C(=O)C(C(C)(C)CC(=O)N(C)CCOC(=O)NCCCCCC(=O)NCCN2C(=O)C=CC2=O)=C(C)C1=O. The minimum absolute atomic E-state index is 0.0143. The normalized spacial score (nSPS) is 15.5. The summed E-state index contributed by atoms with van der Waals surface area (Å²) in [6.07, 6.45) is 4.04. The van der Waals surface area contributed by atoms with E-state index in [1.54, 1.807) is 41.7 Å². The van der Waals surface area contributed by atoms with Gasteiger partial charge in [-0.25, -0.2) is 4.79 Å². The summed E-state index contributed by atoms with van der Waals surface area (Å²) in [5, 5.41) is 5.30. The molecule has 0 bridgehead atoms. The molecule has 0 fully saturated rings. The third-order valence-corrected chi connectivity index (χ3v) is 7.45. The van der Waals surface area contributed by atoms with E-state index in [2.05, 4.69) is 10.6 Å². The maximum Gasteiger partial charge on any atom is 0.407 e. The summed E-state index contributed by atoms with van der Waals surface area (Å²) >= 11 is 0. The van der Waals surface area contributed by atoms with Crippen LogP contribution < -0.4 is 10.6 Å². The first kappa shape index (κ1) is 34.1. The van der Waals surface area contributed by atoms with Crippen molar-refractivity contribution in [2.75, 3.05) is 39.8 Å². The molecule has 0 saturated carbocycles. The number of hydrogen-bond acceptors (Lipinski definition) is 8. The Hall–Kier alpha value is -4.09.